The van der Waals surface area contributed by atoms with Crippen LogP contribution in [0.5, 0.6) is 0 Å². The molecule has 28 heavy (non-hydrogen) atoms. The van der Waals surface area contributed by atoms with Gasteiger partial charge in [-0.05, 0) is 33.6 Å². The van der Waals surface area contributed by atoms with E-state index in [1.54, 1.807) is 6.07 Å². The quantitative estimate of drug-likeness (QED) is 0.447. The Hall–Kier alpha value is -2.19. The van der Waals surface area contributed by atoms with Crippen molar-refractivity contribution >= 4 is 50.2 Å². The van der Waals surface area contributed by atoms with Gasteiger partial charge in [-0.25, -0.2) is 0 Å². The van der Waals surface area contributed by atoms with Gasteiger partial charge in [-0.3, -0.25) is 14.9 Å². The van der Waals surface area contributed by atoms with Gasteiger partial charge in [0.2, 0.25) is 0 Å². The molecular formula is C20H16BrClN2O4. The van der Waals surface area contributed by atoms with Crippen molar-refractivity contribution in [2.75, 3.05) is 13.2 Å². The highest BCUT2D eigenvalue weighted by Gasteiger charge is 2.35. The first-order valence-corrected chi connectivity index (χ1v) is 9.75. The van der Waals surface area contributed by atoms with Crippen molar-refractivity contribution in [2.45, 2.75) is 6.61 Å². The van der Waals surface area contributed by atoms with Gasteiger partial charge >= 0.3 is 0 Å². The molecule has 0 spiro atoms. The van der Waals surface area contributed by atoms with E-state index in [-0.39, 0.29) is 19.8 Å². The van der Waals surface area contributed by atoms with E-state index < -0.39 is 11.8 Å². The Morgan fingerprint density at radius 1 is 1.18 bits per heavy atom. The predicted molar refractivity (Wildman–Crippen MR) is 110 cm³/mol. The van der Waals surface area contributed by atoms with Crippen LogP contribution in [0, 0.1) is 0 Å². The van der Waals surface area contributed by atoms with Gasteiger partial charge < -0.3 is 14.4 Å². The summed E-state index contributed by atoms with van der Waals surface area (Å²) in [6, 6.07) is 9.08. The molecule has 144 valence electrons. The SMILES string of the molecule is Cn1c(COCCO)c(Br)c2c3c(c(-c4ccccc4Cl)cc21)C(=O)NC3=O. The third kappa shape index (κ3) is 2.86. The van der Waals surface area contributed by atoms with Gasteiger partial charge in [0, 0.05) is 27.5 Å². The lowest BCUT2D eigenvalue weighted by molar-refractivity contribution is 0.0783. The number of hydrogen-bond acceptors (Lipinski definition) is 4. The molecule has 8 heteroatoms. The molecule has 0 atom stereocenters. The first kappa shape index (κ1) is 19.1. The van der Waals surface area contributed by atoms with E-state index in [0.717, 1.165) is 11.2 Å². The molecule has 4 rings (SSSR count). The van der Waals surface area contributed by atoms with Crippen molar-refractivity contribution in [1.82, 2.24) is 9.88 Å². The van der Waals surface area contributed by atoms with Crippen molar-refractivity contribution in [3.05, 3.63) is 56.6 Å². The Kier molecular flexibility index (Phi) is 5.01. The lowest BCUT2D eigenvalue weighted by atomic mass is 9.94. The molecule has 0 bridgehead atoms. The van der Waals surface area contributed by atoms with Gasteiger partial charge in [0.05, 0.1) is 42.2 Å². The first-order chi connectivity index (χ1) is 13.5. The topological polar surface area (TPSA) is 80.6 Å². The third-order valence-corrected chi connectivity index (χ3v) is 6.05. The van der Waals surface area contributed by atoms with Crippen LogP contribution in [0.15, 0.2) is 34.8 Å². The zero-order chi connectivity index (χ0) is 20.0. The van der Waals surface area contributed by atoms with Crippen LogP contribution in [0.2, 0.25) is 5.02 Å². The van der Waals surface area contributed by atoms with Crippen LogP contribution < -0.4 is 5.32 Å². The van der Waals surface area contributed by atoms with Gasteiger partial charge in [0.25, 0.3) is 11.8 Å². The monoisotopic (exact) mass is 462 g/mol. The van der Waals surface area contributed by atoms with Crippen molar-refractivity contribution in [1.29, 1.82) is 0 Å². The summed E-state index contributed by atoms with van der Waals surface area (Å²) >= 11 is 9.95. The van der Waals surface area contributed by atoms with Crippen molar-refractivity contribution < 1.29 is 19.4 Å². The summed E-state index contributed by atoms with van der Waals surface area (Å²) in [7, 11) is 1.86. The van der Waals surface area contributed by atoms with Gasteiger partial charge in [-0.15, -0.1) is 0 Å². The molecule has 2 amide bonds. The van der Waals surface area contributed by atoms with E-state index in [1.165, 1.54) is 0 Å². The van der Waals surface area contributed by atoms with Crippen LogP contribution >= 0.6 is 27.5 Å². The summed E-state index contributed by atoms with van der Waals surface area (Å²) in [5, 5.41) is 12.5. The highest BCUT2D eigenvalue weighted by Crippen LogP contribution is 2.42. The van der Waals surface area contributed by atoms with E-state index in [0.29, 0.717) is 37.1 Å². The van der Waals surface area contributed by atoms with Crippen LogP contribution in [-0.4, -0.2) is 34.7 Å². The predicted octanol–water partition coefficient (Wildman–Crippen LogP) is 3.65. The number of carbonyl (C=O) groups is 2. The van der Waals surface area contributed by atoms with Crippen molar-refractivity contribution in [2.24, 2.45) is 7.05 Å². The second-order valence-electron chi connectivity index (χ2n) is 6.43. The Labute approximate surface area is 174 Å². The minimum Gasteiger partial charge on any atom is -0.394 e. The average Bonchev–Trinajstić information content (AvgIpc) is 3.10. The maximum Gasteiger partial charge on any atom is 0.259 e. The van der Waals surface area contributed by atoms with E-state index in [2.05, 4.69) is 21.2 Å². The summed E-state index contributed by atoms with van der Waals surface area (Å²) in [5.74, 6) is -0.876. The normalized spacial score (nSPS) is 13.3. The summed E-state index contributed by atoms with van der Waals surface area (Å²) in [4.78, 5) is 25.2. The number of rotatable bonds is 5. The Morgan fingerprint density at radius 2 is 1.89 bits per heavy atom. The van der Waals surface area contributed by atoms with Crippen LogP contribution in [0.1, 0.15) is 26.4 Å². The number of aryl methyl sites for hydroxylation is 1. The number of carbonyl (C=O) groups excluding carboxylic acids is 2. The molecule has 2 heterocycles. The number of nitrogens with zero attached hydrogens (tertiary/aromatic N) is 1. The lowest BCUT2D eigenvalue weighted by Gasteiger charge is -2.11. The number of hydrogen-bond donors (Lipinski definition) is 2. The fourth-order valence-corrected chi connectivity index (χ4v) is 4.59. The molecule has 0 unspecified atom stereocenters. The summed E-state index contributed by atoms with van der Waals surface area (Å²) in [6.07, 6.45) is 0. The smallest absolute Gasteiger partial charge is 0.259 e. The lowest BCUT2D eigenvalue weighted by Crippen LogP contribution is -2.20. The largest absolute Gasteiger partial charge is 0.394 e. The average molecular weight is 464 g/mol. The van der Waals surface area contributed by atoms with E-state index in [4.69, 9.17) is 21.4 Å². The van der Waals surface area contributed by atoms with E-state index in [9.17, 15) is 9.59 Å². The van der Waals surface area contributed by atoms with Crippen LogP contribution in [0.4, 0.5) is 0 Å². The molecular weight excluding hydrogens is 448 g/mol. The molecule has 1 aromatic heterocycles. The fourth-order valence-electron chi connectivity index (χ4n) is 3.57. The molecule has 0 aliphatic carbocycles. The second-order valence-corrected chi connectivity index (χ2v) is 7.63. The Morgan fingerprint density at radius 3 is 2.61 bits per heavy atom. The molecule has 2 N–H and O–H groups in total. The molecule has 0 saturated carbocycles. The maximum atomic E-state index is 12.6. The zero-order valence-corrected chi connectivity index (χ0v) is 17.2. The molecule has 2 aromatic carbocycles. The summed E-state index contributed by atoms with van der Waals surface area (Å²) in [5.41, 5.74) is 3.50. The summed E-state index contributed by atoms with van der Waals surface area (Å²) in [6.45, 7) is 0.374. The van der Waals surface area contributed by atoms with Crippen LogP contribution in [0.25, 0.3) is 22.0 Å². The number of aliphatic hydroxyl groups excluding tert-OH is 1. The third-order valence-electron chi connectivity index (χ3n) is 4.87. The highest BCUT2D eigenvalue weighted by molar-refractivity contribution is 9.10. The molecule has 1 aliphatic rings. The number of halogens is 2. The maximum absolute atomic E-state index is 12.6. The van der Waals surface area contributed by atoms with E-state index >= 15 is 0 Å². The van der Waals surface area contributed by atoms with Crippen LogP contribution in [-0.2, 0) is 18.4 Å². The number of imide groups is 1. The number of aromatic nitrogens is 1. The number of fused-ring (bicyclic) bond motifs is 3. The Bertz CT molecular complexity index is 1140. The minimum atomic E-state index is -0.439. The van der Waals surface area contributed by atoms with Gasteiger partial charge in [0.1, 0.15) is 0 Å². The second kappa shape index (κ2) is 7.33. The fraction of sp³-hybridized carbons (Fsp3) is 0.200. The molecule has 0 radical (unpaired) electrons. The number of aliphatic hydroxyl groups is 1. The van der Waals surface area contributed by atoms with Crippen molar-refractivity contribution in [3.8, 4) is 11.1 Å². The van der Waals surface area contributed by atoms with Gasteiger partial charge in [-0.1, -0.05) is 29.8 Å². The molecule has 0 fully saturated rings. The Balaban J connectivity index is 2.05. The minimum absolute atomic E-state index is 0.0788. The molecule has 6 nitrogen and oxygen atoms in total. The highest BCUT2D eigenvalue weighted by atomic mass is 79.9. The molecule has 0 saturated heterocycles. The zero-order valence-electron chi connectivity index (χ0n) is 14.9. The van der Waals surface area contributed by atoms with Crippen LogP contribution in [0.3, 0.4) is 0 Å². The first-order valence-electron chi connectivity index (χ1n) is 8.58. The van der Waals surface area contributed by atoms with Gasteiger partial charge in [0.15, 0.2) is 0 Å². The molecule has 3 aromatic rings. The number of nitrogens with one attached hydrogen (secondary N) is 1. The van der Waals surface area contributed by atoms with E-state index in [1.807, 2.05) is 35.9 Å². The summed E-state index contributed by atoms with van der Waals surface area (Å²) < 4.78 is 8.07. The number of ether oxygens (including phenoxy) is 1. The number of benzene rings is 2. The molecule has 1 aliphatic heterocycles. The number of amides is 2. The standard InChI is InChI=1S/C20H16BrClN2O4/c1-24-13-8-11(10-4-2-3-5-12(10)22)15-17(20(27)23-19(15)26)16(13)18(21)14(24)9-28-7-6-25/h2-5,8,25H,6-7,9H2,1H3,(H,23,26,27). The van der Waals surface area contributed by atoms with Gasteiger partial charge in [-0.2, -0.15) is 0 Å². The van der Waals surface area contributed by atoms with Crippen molar-refractivity contribution in [3.63, 3.8) is 0 Å².